The molecule has 5 rings (SSSR count). The highest BCUT2D eigenvalue weighted by molar-refractivity contribution is 6.11. The zero-order valence-electron chi connectivity index (χ0n) is 20.1. The van der Waals surface area contributed by atoms with E-state index in [1.807, 2.05) is 6.07 Å². The first-order valence-electron chi connectivity index (χ1n) is 12.0. The van der Waals surface area contributed by atoms with Crippen molar-refractivity contribution < 1.29 is 29.3 Å². The van der Waals surface area contributed by atoms with Crippen molar-refractivity contribution >= 4 is 40.2 Å². The second-order valence-electron chi connectivity index (χ2n) is 9.31. The number of fused-ring (bicyclic) bond motifs is 2. The molecule has 194 valence electrons. The van der Waals surface area contributed by atoms with Crippen LogP contribution in [0.4, 0.5) is 11.5 Å². The van der Waals surface area contributed by atoms with E-state index in [-0.39, 0.29) is 49.7 Å². The quantitative estimate of drug-likeness (QED) is 0.301. The lowest BCUT2D eigenvalue weighted by atomic mass is 9.70. The lowest BCUT2D eigenvalue weighted by molar-refractivity contribution is -0.159. The number of carbonyl (C=O) groups excluding carboxylic acids is 2. The smallest absolute Gasteiger partial charge is 0.319 e. The number of ether oxygens (including phenoxy) is 1. The van der Waals surface area contributed by atoms with Gasteiger partial charge in [-0.3, -0.25) is 14.4 Å². The predicted molar refractivity (Wildman–Crippen MR) is 134 cm³/mol. The van der Waals surface area contributed by atoms with Crippen LogP contribution >= 0.6 is 0 Å². The van der Waals surface area contributed by atoms with Crippen molar-refractivity contribution in [1.82, 2.24) is 15.3 Å². The number of hydrogen-bond acceptors (Lipinski definition) is 9. The van der Waals surface area contributed by atoms with E-state index in [2.05, 4.69) is 25.9 Å². The van der Waals surface area contributed by atoms with Crippen molar-refractivity contribution in [3.8, 4) is 11.8 Å². The van der Waals surface area contributed by atoms with Gasteiger partial charge in [-0.1, -0.05) is 12.1 Å². The number of pyridine rings is 2. The zero-order valence-corrected chi connectivity index (χ0v) is 20.1. The van der Waals surface area contributed by atoms with E-state index in [0.717, 1.165) is 0 Å². The maximum atomic E-state index is 13.4. The van der Waals surface area contributed by atoms with Gasteiger partial charge in [-0.15, -0.1) is 0 Å². The summed E-state index contributed by atoms with van der Waals surface area (Å²) in [7, 11) is 0. The molecule has 5 N–H and O–H groups in total. The molecule has 12 nitrogen and oxygen atoms in total. The summed E-state index contributed by atoms with van der Waals surface area (Å²) in [5, 5.41) is 39.3. The summed E-state index contributed by atoms with van der Waals surface area (Å²) in [6.07, 6.45) is -1.21. The lowest BCUT2D eigenvalue weighted by Crippen LogP contribution is -2.54. The van der Waals surface area contributed by atoms with Gasteiger partial charge < -0.3 is 30.9 Å². The Morgan fingerprint density at radius 2 is 2.05 bits per heavy atom. The van der Waals surface area contributed by atoms with E-state index < -0.39 is 29.4 Å². The highest BCUT2D eigenvalue weighted by Gasteiger charge is 2.51. The van der Waals surface area contributed by atoms with Crippen LogP contribution in [0.3, 0.4) is 0 Å². The third kappa shape index (κ3) is 4.72. The molecule has 1 aliphatic heterocycles. The van der Waals surface area contributed by atoms with Crippen LogP contribution in [0.2, 0.25) is 0 Å². The Hall–Kier alpha value is -4.60. The van der Waals surface area contributed by atoms with Gasteiger partial charge in [0.25, 0.3) is 5.91 Å². The number of carboxylic acids is 1. The normalized spacial score (nSPS) is 22.5. The van der Waals surface area contributed by atoms with Gasteiger partial charge in [0.1, 0.15) is 17.2 Å². The number of para-hydroxylation sites is 1. The number of nitrogens with zero attached hydrogens (tertiary/aromatic N) is 3. The van der Waals surface area contributed by atoms with Crippen molar-refractivity contribution in [2.75, 3.05) is 17.2 Å². The molecule has 0 bridgehead atoms. The van der Waals surface area contributed by atoms with E-state index in [0.29, 0.717) is 28.2 Å². The zero-order chi connectivity index (χ0) is 26.9. The first-order valence-corrected chi connectivity index (χ1v) is 12.0. The Balaban J connectivity index is 1.28. The fourth-order valence-electron chi connectivity index (χ4n) is 4.82. The number of nitriles is 1. The fourth-order valence-corrected chi connectivity index (χ4v) is 4.82. The molecule has 3 aromatic rings. The largest absolute Gasteiger partial charge is 0.480 e. The van der Waals surface area contributed by atoms with Gasteiger partial charge in [-0.05, 0) is 49.6 Å². The van der Waals surface area contributed by atoms with E-state index in [9.17, 15) is 29.9 Å². The van der Waals surface area contributed by atoms with Crippen molar-refractivity contribution in [2.24, 2.45) is 5.41 Å². The number of carbonyl (C=O) groups is 3. The Morgan fingerprint density at radius 3 is 2.82 bits per heavy atom. The monoisotopic (exact) mass is 516 g/mol. The average molecular weight is 517 g/mol. The van der Waals surface area contributed by atoms with E-state index in [1.165, 1.54) is 0 Å². The molecule has 0 radical (unpaired) electrons. The molecule has 0 saturated heterocycles. The molecule has 1 aliphatic carbocycles. The second kappa shape index (κ2) is 10.0. The van der Waals surface area contributed by atoms with Gasteiger partial charge >= 0.3 is 5.97 Å². The molecule has 3 atom stereocenters. The van der Waals surface area contributed by atoms with E-state index >= 15 is 0 Å². The minimum Gasteiger partial charge on any atom is -0.480 e. The van der Waals surface area contributed by atoms with E-state index in [4.69, 9.17) is 4.74 Å². The maximum Gasteiger partial charge on any atom is 0.319 e. The van der Waals surface area contributed by atoms with Gasteiger partial charge in [0.2, 0.25) is 5.91 Å². The number of aromatic nitrogens is 2. The molecule has 1 fully saturated rings. The Morgan fingerprint density at radius 1 is 1.21 bits per heavy atom. The summed E-state index contributed by atoms with van der Waals surface area (Å²) in [4.78, 5) is 45.9. The molecule has 2 amide bonds. The minimum atomic E-state index is -1.85. The van der Waals surface area contributed by atoms with Gasteiger partial charge in [-0.2, -0.15) is 5.26 Å². The fraction of sp³-hybridized carbons (Fsp3) is 0.308. The van der Waals surface area contributed by atoms with Gasteiger partial charge in [0.15, 0.2) is 18.2 Å². The van der Waals surface area contributed by atoms with Crippen LogP contribution in [0.5, 0.6) is 5.75 Å². The van der Waals surface area contributed by atoms with Crippen LogP contribution in [-0.4, -0.2) is 56.7 Å². The molecule has 1 aromatic carbocycles. The Kier molecular flexibility index (Phi) is 6.62. The second-order valence-corrected chi connectivity index (χ2v) is 9.31. The first-order chi connectivity index (χ1) is 18.3. The molecule has 12 heteroatoms. The Bertz CT molecular complexity index is 1490. The van der Waals surface area contributed by atoms with Crippen LogP contribution in [0.15, 0.2) is 42.5 Å². The highest BCUT2D eigenvalue weighted by Crippen LogP contribution is 2.39. The number of rotatable bonds is 6. The van der Waals surface area contributed by atoms with Crippen molar-refractivity contribution in [1.29, 1.82) is 5.26 Å². The molecular formula is C26H24N6O6. The first kappa shape index (κ1) is 25.1. The maximum absolute atomic E-state index is 13.4. The third-order valence-corrected chi connectivity index (χ3v) is 6.91. The average Bonchev–Trinajstić information content (AvgIpc) is 2.91. The number of anilines is 2. The molecule has 3 heterocycles. The summed E-state index contributed by atoms with van der Waals surface area (Å²) in [5.74, 6) is -1.60. The molecule has 1 saturated carbocycles. The lowest BCUT2D eigenvalue weighted by Gasteiger charge is -2.39. The van der Waals surface area contributed by atoms with E-state index in [1.54, 1.807) is 42.5 Å². The van der Waals surface area contributed by atoms with Gasteiger partial charge in [-0.25, -0.2) is 9.97 Å². The molecule has 2 aromatic heterocycles. The third-order valence-electron chi connectivity index (χ3n) is 6.91. The SMILES string of the molecule is N#Cc1ccc2cccc(NC(=O)[C@]3(C(=O)O)CC[C@H](NCc4ccc5c(n4)NC(=O)CO5)[C@H](O)C3)c2n1. The molecular weight excluding hydrogens is 492 g/mol. The number of hydrogen-bond donors (Lipinski definition) is 5. The number of aliphatic hydroxyl groups excluding tert-OH is 1. The number of aliphatic carboxylic acids is 1. The number of amides is 2. The summed E-state index contributed by atoms with van der Waals surface area (Å²) in [6, 6.07) is 13.2. The van der Waals surface area contributed by atoms with Gasteiger partial charge in [0.05, 0.1) is 23.0 Å². The van der Waals surface area contributed by atoms with Crippen LogP contribution < -0.4 is 20.7 Å². The standard InChI is InChI=1S/C26H24N6O6/c27-11-15-5-4-14-2-1-3-18(22(14)29-15)31-24(35)26(25(36)37)9-8-17(19(33)10-26)28-12-16-6-7-20-23(30-16)32-21(34)13-38-20/h1-7,17,19,28,33H,8-10,12-13H2,(H,31,35)(H,36,37)(H,30,32,34)/t17-,19+,26-/m0/s1. The summed E-state index contributed by atoms with van der Waals surface area (Å²) in [5.41, 5.74) is -0.435. The van der Waals surface area contributed by atoms with Crippen molar-refractivity contribution in [3.05, 3.63) is 53.9 Å². The van der Waals surface area contributed by atoms with Crippen molar-refractivity contribution in [3.63, 3.8) is 0 Å². The number of nitrogens with one attached hydrogen (secondary N) is 3. The van der Waals surface area contributed by atoms with Gasteiger partial charge in [0, 0.05) is 18.0 Å². The predicted octanol–water partition coefficient (Wildman–Crippen LogP) is 1.55. The number of benzene rings is 1. The van der Waals surface area contributed by atoms with Crippen LogP contribution in [0.1, 0.15) is 30.7 Å². The van der Waals surface area contributed by atoms with Crippen molar-refractivity contribution in [2.45, 2.75) is 38.0 Å². The summed E-state index contributed by atoms with van der Waals surface area (Å²) >= 11 is 0. The summed E-state index contributed by atoms with van der Waals surface area (Å²) in [6.45, 7) is 0.178. The Labute approximate surface area is 216 Å². The number of carboxylic acid groups (broad SMARTS) is 1. The highest BCUT2D eigenvalue weighted by atomic mass is 16.5. The summed E-state index contributed by atoms with van der Waals surface area (Å²) < 4.78 is 5.30. The molecule has 0 spiro atoms. The van der Waals surface area contributed by atoms with Crippen LogP contribution in [-0.2, 0) is 20.9 Å². The topological polar surface area (TPSA) is 187 Å². The number of aliphatic hydroxyl groups is 1. The van der Waals surface area contributed by atoms with Crippen LogP contribution in [0, 0.1) is 16.7 Å². The molecule has 38 heavy (non-hydrogen) atoms. The van der Waals surface area contributed by atoms with Crippen LogP contribution in [0.25, 0.3) is 10.9 Å². The minimum absolute atomic E-state index is 0.00789. The molecule has 2 aliphatic rings. The molecule has 0 unspecified atom stereocenters.